The summed E-state index contributed by atoms with van der Waals surface area (Å²) in [6.45, 7) is 10.1. The van der Waals surface area contributed by atoms with Crippen LogP contribution in [-0.2, 0) is 9.53 Å². The SMILES string of the molecule is C=C(C)C(=O)OC1(CC)CC(C)CC1C1CC2CCC1C2. The second-order valence-electron chi connectivity index (χ2n) is 8.08. The highest BCUT2D eigenvalue weighted by Crippen LogP contribution is 2.58. The summed E-state index contributed by atoms with van der Waals surface area (Å²) in [4.78, 5) is 12.2. The minimum absolute atomic E-state index is 0.181. The molecule has 3 saturated carbocycles. The second-order valence-corrected chi connectivity index (χ2v) is 8.08. The molecule has 0 aromatic rings. The Balaban J connectivity index is 1.82. The van der Waals surface area contributed by atoms with Gasteiger partial charge < -0.3 is 4.74 Å². The summed E-state index contributed by atoms with van der Waals surface area (Å²) in [6.07, 6.45) is 8.90. The van der Waals surface area contributed by atoms with Crippen LogP contribution in [0.1, 0.15) is 65.7 Å². The standard InChI is InChI=1S/C19H30O2/c1-5-19(21-18(20)12(2)3)11-13(4)8-17(19)16-10-14-6-7-15(16)9-14/h13-17H,2,5-11H2,1,3-4H3. The first-order valence-corrected chi connectivity index (χ1v) is 8.84. The smallest absolute Gasteiger partial charge is 0.333 e. The highest BCUT2D eigenvalue weighted by atomic mass is 16.6. The van der Waals surface area contributed by atoms with Gasteiger partial charge in [0.2, 0.25) is 0 Å². The van der Waals surface area contributed by atoms with Crippen LogP contribution in [0.25, 0.3) is 0 Å². The molecule has 3 rings (SSSR count). The molecule has 0 spiro atoms. The van der Waals surface area contributed by atoms with E-state index in [1.165, 1.54) is 32.1 Å². The molecule has 6 unspecified atom stereocenters. The highest BCUT2D eigenvalue weighted by Gasteiger charge is 2.55. The van der Waals surface area contributed by atoms with Gasteiger partial charge in [-0.25, -0.2) is 4.79 Å². The Morgan fingerprint density at radius 3 is 2.57 bits per heavy atom. The number of carbonyl (C=O) groups excluding carboxylic acids is 1. The molecule has 0 aliphatic heterocycles. The van der Waals surface area contributed by atoms with E-state index in [1.54, 1.807) is 6.92 Å². The zero-order valence-corrected chi connectivity index (χ0v) is 13.9. The summed E-state index contributed by atoms with van der Waals surface area (Å²) in [5.41, 5.74) is 0.319. The maximum Gasteiger partial charge on any atom is 0.333 e. The van der Waals surface area contributed by atoms with Gasteiger partial charge in [0.15, 0.2) is 0 Å². The number of rotatable bonds is 4. The molecule has 0 aromatic heterocycles. The average molecular weight is 290 g/mol. The van der Waals surface area contributed by atoms with Crippen LogP contribution in [0.3, 0.4) is 0 Å². The van der Waals surface area contributed by atoms with Crippen molar-refractivity contribution in [3.05, 3.63) is 12.2 Å². The van der Waals surface area contributed by atoms with E-state index in [9.17, 15) is 4.79 Å². The first kappa shape index (κ1) is 15.1. The third-order valence-corrected chi connectivity index (χ3v) is 6.58. The molecular weight excluding hydrogens is 260 g/mol. The maximum absolute atomic E-state index is 12.2. The van der Waals surface area contributed by atoms with Crippen LogP contribution < -0.4 is 0 Å². The van der Waals surface area contributed by atoms with Crippen LogP contribution in [0, 0.1) is 29.6 Å². The van der Waals surface area contributed by atoms with Gasteiger partial charge >= 0.3 is 5.97 Å². The van der Waals surface area contributed by atoms with Gasteiger partial charge in [0.25, 0.3) is 0 Å². The summed E-state index contributed by atoms with van der Waals surface area (Å²) >= 11 is 0. The van der Waals surface area contributed by atoms with E-state index >= 15 is 0 Å². The van der Waals surface area contributed by atoms with Crippen LogP contribution in [-0.4, -0.2) is 11.6 Å². The van der Waals surface area contributed by atoms with Crippen molar-refractivity contribution < 1.29 is 9.53 Å². The van der Waals surface area contributed by atoms with Gasteiger partial charge in [0.05, 0.1) is 0 Å². The van der Waals surface area contributed by atoms with Crippen molar-refractivity contribution >= 4 is 5.97 Å². The number of hydrogen-bond acceptors (Lipinski definition) is 2. The zero-order valence-electron chi connectivity index (χ0n) is 13.9. The molecule has 0 saturated heterocycles. The zero-order chi connectivity index (χ0) is 15.2. The quantitative estimate of drug-likeness (QED) is 0.552. The summed E-state index contributed by atoms with van der Waals surface area (Å²) in [7, 11) is 0. The van der Waals surface area contributed by atoms with E-state index in [0.29, 0.717) is 17.4 Å². The van der Waals surface area contributed by atoms with Crippen molar-refractivity contribution in [1.82, 2.24) is 0 Å². The van der Waals surface area contributed by atoms with Crippen molar-refractivity contribution in [2.24, 2.45) is 29.6 Å². The van der Waals surface area contributed by atoms with Crippen molar-refractivity contribution in [3.8, 4) is 0 Å². The maximum atomic E-state index is 12.2. The number of hydrogen-bond donors (Lipinski definition) is 0. The van der Waals surface area contributed by atoms with E-state index in [-0.39, 0.29) is 11.6 Å². The van der Waals surface area contributed by atoms with Crippen molar-refractivity contribution in [2.75, 3.05) is 0 Å². The minimum Gasteiger partial charge on any atom is -0.455 e. The monoisotopic (exact) mass is 290 g/mol. The van der Waals surface area contributed by atoms with Gasteiger partial charge in [0, 0.05) is 11.5 Å². The van der Waals surface area contributed by atoms with Gasteiger partial charge in [-0.1, -0.05) is 26.8 Å². The van der Waals surface area contributed by atoms with Gasteiger partial charge in [-0.15, -0.1) is 0 Å². The van der Waals surface area contributed by atoms with E-state index in [0.717, 1.165) is 30.6 Å². The Hall–Kier alpha value is -0.790. The van der Waals surface area contributed by atoms with E-state index < -0.39 is 0 Å². The van der Waals surface area contributed by atoms with E-state index in [4.69, 9.17) is 4.74 Å². The van der Waals surface area contributed by atoms with Gasteiger partial charge in [-0.2, -0.15) is 0 Å². The first-order valence-electron chi connectivity index (χ1n) is 8.84. The van der Waals surface area contributed by atoms with Gasteiger partial charge in [-0.05, 0) is 69.1 Å². The Kier molecular flexibility index (Phi) is 3.92. The molecule has 0 amide bonds. The Bertz CT molecular complexity index is 441. The molecule has 0 radical (unpaired) electrons. The molecule has 0 aromatic carbocycles. The lowest BCUT2D eigenvalue weighted by Gasteiger charge is -2.40. The number of fused-ring (bicyclic) bond motifs is 2. The van der Waals surface area contributed by atoms with Gasteiger partial charge in [0.1, 0.15) is 5.60 Å². The molecule has 3 aliphatic carbocycles. The third-order valence-electron chi connectivity index (χ3n) is 6.58. The second kappa shape index (κ2) is 5.44. The molecule has 21 heavy (non-hydrogen) atoms. The number of carbonyl (C=O) groups is 1. The Labute approximate surface area is 129 Å². The number of esters is 1. The van der Waals surface area contributed by atoms with Crippen molar-refractivity contribution in [1.29, 1.82) is 0 Å². The van der Waals surface area contributed by atoms with E-state index in [2.05, 4.69) is 20.4 Å². The van der Waals surface area contributed by atoms with E-state index in [1.807, 2.05) is 0 Å². The fraction of sp³-hybridized carbons (Fsp3) is 0.842. The predicted octanol–water partition coefficient (Wildman–Crippen LogP) is 4.74. The average Bonchev–Trinajstić information content (AvgIpc) is 3.12. The lowest BCUT2D eigenvalue weighted by Crippen LogP contribution is -2.43. The van der Waals surface area contributed by atoms with Crippen molar-refractivity contribution in [3.63, 3.8) is 0 Å². The first-order chi connectivity index (χ1) is 9.95. The predicted molar refractivity (Wildman–Crippen MR) is 84.8 cm³/mol. The van der Waals surface area contributed by atoms with Crippen LogP contribution in [0.15, 0.2) is 12.2 Å². The Morgan fingerprint density at radius 2 is 2.05 bits per heavy atom. The lowest BCUT2D eigenvalue weighted by atomic mass is 9.72. The molecule has 0 heterocycles. The highest BCUT2D eigenvalue weighted by molar-refractivity contribution is 5.87. The van der Waals surface area contributed by atoms with Crippen LogP contribution >= 0.6 is 0 Å². The molecule has 2 nitrogen and oxygen atoms in total. The molecule has 118 valence electrons. The third kappa shape index (κ3) is 2.55. The van der Waals surface area contributed by atoms with Crippen LogP contribution in [0.4, 0.5) is 0 Å². The minimum atomic E-state index is -0.218. The summed E-state index contributed by atoms with van der Waals surface area (Å²) in [6, 6.07) is 0. The molecular formula is C19H30O2. The molecule has 3 fully saturated rings. The molecule has 3 aliphatic rings. The topological polar surface area (TPSA) is 26.3 Å². The van der Waals surface area contributed by atoms with Crippen LogP contribution in [0.5, 0.6) is 0 Å². The molecule has 6 atom stereocenters. The van der Waals surface area contributed by atoms with Crippen molar-refractivity contribution in [2.45, 2.75) is 71.3 Å². The number of ether oxygens (including phenoxy) is 1. The lowest BCUT2D eigenvalue weighted by molar-refractivity contribution is -0.163. The fourth-order valence-corrected chi connectivity index (χ4v) is 5.69. The fourth-order valence-electron chi connectivity index (χ4n) is 5.69. The molecule has 2 heteroatoms. The van der Waals surface area contributed by atoms with Gasteiger partial charge in [-0.3, -0.25) is 0 Å². The normalized spacial score (nSPS) is 45.0. The Morgan fingerprint density at radius 1 is 1.29 bits per heavy atom. The summed E-state index contributed by atoms with van der Waals surface area (Å²) < 4.78 is 6.07. The summed E-state index contributed by atoms with van der Waals surface area (Å²) in [5, 5.41) is 0. The molecule has 2 bridgehead atoms. The summed E-state index contributed by atoms with van der Waals surface area (Å²) in [5.74, 6) is 3.73. The van der Waals surface area contributed by atoms with Crippen LogP contribution in [0.2, 0.25) is 0 Å². The largest absolute Gasteiger partial charge is 0.455 e. The molecule has 0 N–H and O–H groups in total.